The van der Waals surface area contributed by atoms with Gasteiger partial charge in [-0.05, 0) is 32.1 Å². The number of nitrogens with zero attached hydrogens (tertiary/aromatic N) is 3. The molecule has 4 rings (SSSR count). The fourth-order valence-corrected chi connectivity index (χ4v) is 3.65. The van der Waals surface area contributed by atoms with Gasteiger partial charge in [0.25, 0.3) is 5.91 Å². The Morgan fingerprint density at radius 2 is 2.19 bits per heavy atom. The summed E-state index contributed by atoms with van der Waals surface area (Å²) in [7, 11) is 0. The summed E-state index contributed by atoms with van der Waals surface area (Å²) in [5.41, 5.74) is 1.13. The van der Waals surface area contributed by atoms with Crippen molar-refractivity contribution < 1.29 is 14.1 Å². The van der Waals surface area contributed by atoms with Crippen LogP contribution in [0.5, 0.6) is 0 Å². The van der Waals surface area contributed by atoms with Gasteiger partial charge in [-0.2, -0.15) is 0 Å². The van der Waals surface area contributed by atoms with E-state index in [1.165, 1.54) is 19.1 Å². The Morgan fingerprint density at radius 3 is 2.86 bits per heavy atom. The van der Waals surface area contributed by atoms with E-state index in [2.05, 4.69) is 5.16 Å². The number of aromatic nitrogens is 1. The lowest BCUT2D eigenvalue weighted by molar-refractivity contribution is -0.129. The Kier molecular flexibility index (Phi) is 2.80. The Balaban J connectivity index is 1.53. The lowest BCUT2D eigenvalue weighted by Crippen LogP contribution is -2.40. The van der Waals surface area contributed by atoms with Crippen LogP contribution in [0, 0.1) is 12.8 Å². The lowest BCUT2D eigenvalue weighted by atomic mass is 10.1. The number of carbonyl (C=O) groups excluding carboxylic acids is 2. The van der Waals surface area contributed by atoms with Crippen LogP contribution in [0.15, 0.2) is 10.8 Å². The third kappa shape index (κ3) is 2.04. The topological polar surface area (TPSA) is 66.7 Å². The molecule has 0 bridgehead atoms. The maximum atomic E-state index is 12.6. The van der Waals surface area contributed by atoms with Crippen molar-refractivity contribution in [3.8, 4) is 0 Å². The predicted octanol–water partition coefficient (Wildman–Crippen LogP) is 1.21. The average Bonchev–Trinajstić information content (AvgIpc) is 2.90. The third-order valence-electron chi connectivity index (χ3n) is 5.01. The van der Waals surface area contributed by atoms with Gasteiger partial charge in [0.1, 0.15) is 11.8 Å². The molecule has 6 heteroatoms. The highest BCUT2D eigenvalue weighted by molar-refractivity contribution is 5.96. The zero-order valence-electron chi connectivity index (χ0n) is 12.1. The molecule has 3 aliphatic rings. The van der Waals surface area contributed by atoms with Crippen molar-refractivity contribution >= 4 is 11.8 Å². The first kappa shape index (κ1) is 12.9. The first-order valence-corrected chi connectivity index (χ1v) is 7.66. The summed E-state index contributed by atoms with van der Waals surface area (Å²) >= 11 is 0. The fourth-order valence-electron chi connectivity index (χ4n) is 3.65. The average molecular weight is 289 g/mol. The molecule has 0 radical (unpaired) electrons. The summed E-state index contributed by atoms with van der Waals surface area (Å²) in [6, 6.07) is 0.236. The number of hydrogen-bond donors (Lipinski definition) is 0. The van der Waals surface area contributed by atoms with Gasteiger partial charge in [0, 0.05) is 19.5 Å². The molecule has 2 atom stereocenters. The molecule has 2 aliphatic heterocycles. The normalized spacial score (nSPS) is 28.3. The molecule has 0 aromatic carbocycles. The fraction of sp³-hybridized carbons (Fsp3) is 0.667. The van der Waals surface area contributed by atoms with Crippen LogP contribution in [0.25, 0.3) is 0 Å². The van der Waals surface area contributed by atoms with Crippen molar-refractivity contribution in [3.63, 3.8) is 0 Å². The molecule has 2 amide bonds. The molecule has 2 saturated heterocycles. The van der Waals surface area contributed by atoms with E-state index in [0.717, 1.165) is 13.0 Å². The van der Waals surface area contributed by atoms with E-state index in [1.807, 2.05) is 9.80 Å². The van der Waals surface area contributed by atoms with Gasteiger partial charge in [0.05, 0.1) is 17.8 Å². The van der Waals surface area contributed by atoms with Gasteiger partial charge >= 0.3 is 0 Å². The molecule has 3 heterocycles. The molecule has 21 heavy (non-hydrogen) atoms. The summed E-state index contributed by atoms with van der Waals surface area (Å²) < 4.78 is 4.87. The van der Waals surface area contributed by atoms with Crippen molar-refractivity contribution in [1.29, 1.82) is 0 Å². The molecular formula is C15H19N3O3. The van der Waals surface area contributed by atoms with Gasteiger partial charge in [-0.25, -0.2) is 0 Å². The highest BCUT2D eigenvalue weighted by Gasteiger charge is 2.49. The smallest absolute Gasteiger partial charge is 0.259 e. The van der Waals surface area contributed by atoms with Crippen LogP contribution in [-0.4, -0.2) is 51.9 Å². The molecule has 0 N–H and O–H groups in total. The van der Waals surface area contributed by atoms with Gasteiger partial charge in [-0.1, -0.05) is 5.16 Å². The van der Waals surface area contributed by atoms with Gasteiger partial charge in [0.15, 0.2) is 0 Å². The predicted molar refractivity (Wildman–Crippen MR) is 73.5 cm³/mol. The zero-order valence-corrected chi connectivity index (χ0v) is 12.1. The lowest BCUT2D eigenvalue weighted by Gasteiger charge is -2.25. The maximum Gasteiger partial charge on any atom is 0.259 e. The number of amides is 2. The highest BCUT2D eigenvalue weighted by atomic mass is 16.5. The largest absolute Gasteiger partial charge is 0.364 e. The molecule has 112 valence electrons. The zero-order chi connectivity index (χ0) is 14.6. The first-order valence-electron chi connectivity index (χ1n) is 7.66. The molecule has 6 nitrogen and oxygen atoms in total. The van der Waals surface area contributed by atoms with E-state index in [4.69, 9.17) is 4.52 Å². The van der Waals surface area contributed by atoms with E-state index in [9.17, 15) is 9.59 Å². The first-order chi connectivity index (χ1) is 10.1. The van der Waals surface area contributed by atoms with Crippen LogP contribution in [0.3, 0.4) is 0 Å². The second-order valence-electron chi connectivity index (χ2n) is 6.43. The third-order valence-corrected chi connectivity index (χ3v) is 5.01. The molecule has 1 aliphatic carbocycles. The highest BCUT2D eigenvalue weighted by Crippen LogP contribution is 2.38. The Morgan fingerprint density at radius 1 is 1.38 bits per heavy atom. The Hall–Kier alpha value is -1.85. The molecule has 0 spiro atoms. The van der Waals surface area contributed by atoms with Crippen molar-refractivity contribution in [2.24, 2.45) is 5.92 Å². The number of hydrogen-bond acceptors (Lipinski definition) is 4. The van der Waals surface area contributed by atoms with E-state index >= 15 is 0 Å². The monoisotopic (exact) mass is 289 g/mol. The Labute approximate surface area is 123 Å². The number of fused-ring (bicyclic) bond motifs is 1. The Bertz CT molecular complexity index is 593. The van der Waals surface area contributed by atoms with Crippen molar-refractivity contribution in [3.05, 3.63) is 17.5 Å². The minimum atomic E-state index is -0.0534. The van der Waals surface area contributed by atoms with Crippen LogP contribution < -0.4 is 0 Å². The van der Waals surface area contributed by atoms with Crippen LogP contribution in [0.4, 0.5) is 0 Å². The van der Waals surface area contributed by atoms with Gasteiger partial charge < -0.3 is 14.3 Å². The van der Waals surface area contributed by atoms with Gasteiger partial charge in [-0.3, -0.25) is 9.59 Å². The van der Waals surface area contributed by atoms with Gasteiger partial charge in [-0.15, -0.1) is 0 Å². The SMILES string of the molecule is Cc1nocc1C(=O)N1CC[C@@H]2[C@H]1CC(=O)N2CC1CC1. The van der Waals surface area contributed by atoms with Crippen molar-refractivity contribution in [2.75, 3.05) is 13.1 Å². The van der Waals surface area contributed by atoms with Crippen molar-refractivity contribution in [2.45, 2.75) is 44.7 Å². The number of likely N-dealkylation sites (tertiary alicyclic amines) is 2. The standard InChI is InChI=1S/C15H19N3O3/c1-9-11(8-21-16-9)15(20)17-5-4-12-13(17)6-14(19)18(12)7-10-2-3-10/h8,10,12-13H,2-7H2,1H3/t12-,13-/m1/s1. The minimum Gasteiger partial charge on any atom is -0.364 e. The summed E-state index contributed by atoms with van der Waals surface area (Å²) in [6.07, 6.45) is 5.24. The van der Waals surface area contributed by atoms with Crippen LogP contribution in [0.1, 0.15) is 41.7 Å². The summed E-state index contributed by atoms with van der Waals surface area (Å²) in [5.74, 6) is 0.844. The molecule has 0 unspecified atom stereocenters. The molecule has 1 aromatic rings. The van der Waals surface area contributed by atoms with Gasteiger partial charge in [0.2, 0.25) is 5.91 Å². The van der Waals surface area contributed by atoms with Crippen molar-refractivity contribution in [1.82, 2.24) is 15.0 Å². The molecule has 1 saturated carbocycles. The van der Waals surface area contributed by atoms with E-state index in [1.54, 1.807) is 6.92 Å². The maximum absolute atomic E-state index is 12.6. The number of rotatable bonds is 3. The van der Waals surface area contributed by atoms with Crippen LogP contribution in [-0.2, 0) is 4.79 Å². The summed E-state index contributed by atoms with van der Waals surface area (Å²) in [4.78, 5) is 28.7. The quantitative estimate of drug-likeness (QED) is 0.839. The molecule has 1 aromatic heterocycles. The van der Waals surface area contributed by atoms with E-state index in [0.29, 0.717) is 30.1 Å². The molecular weight excluding hydrogens is 270 g/mol. The van der Waals surface area contributed by atoms with Crippen LogP contribution in [0.2, 0.25) is 0 Å². The second kappa shape index (κ2) is 4.58. The second-order valence-corrected chi connectivity index (χ2v) is 6.43. The number of carbonyl (C=O) groups is 2. The number of aryl methyl sites for hydroxylation is 1. The minimum absolute atomic E-state index is 0.0260. The van der Waals surface area contributed by atoms with Crippen LogP contribution >= 0.6 is 0 Å². The van der Waals surface area contributed by atoms with E-state index in [-0.39, 0.29) is 23.9 Å². The summed E-state index contributed by atoms with van der Waals surface area (Å²) in [5, 5.41) is 3.77. The summed E-state index contributed by atoms with van der Waals surface area (Å²) in [6.45, 7) is 3.37. The van der Waals surface area contributed by atoms with E-state index < -0.39 is 0 Å². The molecule has 3 fully saturated rings.